The Balaban J connectivity index is 1.91. The second kappa shape index (κ2) is 7.12. The minimum atomic E-state index is 0.452. The number of pyridine rings is 1. The van der Waals surface area contributed by atoms with E-state index in [4.69, 9.17) is 16.3 Å². The van der Waals surface area contributed by atoms with Gasteiger partial charge in [-0.1, -0.05) is 36.7 Å². The molecule has 0 radical (unpaired) electrons. The summed E-state index contributed by atoms with van der Waals surface area (Å²) in [6.45, 7) is 4.24. The number of halogens is 1. The first-order valence-electron chi connectivity index (χ1n) is 6.31. The zero-order valence-electron chi connectivity index (χ0n) is 10.9. The quantitative estimate of drug-likeness (QED) is 0.878. The lowest BCUT2D eigenvalue weighted by molar-refractivity contribution is 0.305. The molecule has 1 N–H and O–H groups in total. The van der Waals surface area contributed by atoms with Gasteiger partial charge in [0.05, 0.1) is 11.9 Å². The van der Waals surface area contributed by atoms with Crippen molar-refractivity contribution in [3.8, 4) is 5.75 Å². The normalized spacial score (nSPS) is 10.4. The summed E-state index contributed by atoms with van der Waals surface area (Å²) < 4.78 is 5.66. The van der Waals surface area contributed by atoms with Gasteiger partial charge in [-0.3, -0.25) is 4.98 Å². The Labute approximate surface area is 118 Å². The maximum atomic E-state index is 6.07. The van der Waals surface area contributed by atoms with Gasteiger partial charge >= 0.3 is 0 Å². The van der Waals surface area contributed by atoms with E-state index in [1.54, 1.807) is 6.20 Å². The smallest absolute Gasteiger partial charge is 0.138 e. The van der Waals surface area contributed by atoms with E-state index < -0.39 is 0 Å². The molecule has 0 amide bonds. The van der Waals surface area contributed by atoms with Crippen molar-refractivity contribution in [2.24, 2.45) is 0 Å². The topological polar surface area (TPSA) is 34.1 Å². The summed E-state index contributed by atoms with van der Waals surface area (Å²) in [5.41, 5.74) is 1.98. The molecule has 0 aliphatic carbocycles. The fraction of sp³-hybridized carbons (Fsp3) is 0.267. The van der Waals surface area contributed by atoms with Gasteiger partial charge in [-0.05, 0) is 24.7 Å². The Morgan fingerprint density at radius 3 is 2.74 bits per heavy atom. The van der Waals surface area contributed by atoms with Gasteiger partial charge in [-0.25, -0.2) is 0 Å². The van der Waals surface area contributed by atoms with Gasteiger partial charge in [0.2, 0.25) is 0 Å². The molecule has 0 aliphatic heterocycles. The van der Waals surface area contributed by atoms with Crippen molar-refractivity contribution in [3.63, 3.8) is 0 Å². The van der Waals surface area contributed by atoms with Crippen molar-refractivity contribution in [1.82, 2.24) is 10.3 Å². The van der Waals surface area contributed by atoms with Crippen LogP contribution in [0.1, 0.15) is 18.2 Å². The summed E-state index contributed by atoms with van der Waals surface area (Å²) in [7, 11) is 0. The fourth-order valence-electron chi connectivity index (χ4n) is 1.63. The standard InChI is InChI=1S/C15H17ClN2O/c1-2-17-9-13-7-8-14(10-18-13)19-11-12-5-3-4-6-15(12)16/h3-8,10,17H,2,9,11H2,1H3. The van der Waals surface area contributed by atoms with E-state index in [0.29, 0.717) is 6.61 Å². The Morgan fingerprint density at radius 1 is 1.21 bits per heavy atom. The molecule has 19 heavy (non-hydrogen) atoms. The zero-order chi connectivity index (χ0) is 13.5. The van der Waals surface area contributed by atoms with Crippen LogP contribution in [0.4, 0.5) is 0 Å². The van der Waals surface area contributed by atoms with E-state index in [1.807, 2.05) is 36.4 Å². The van der Waals surface area contributed by atoms with Crippen LogP contribution in [-0.2, 0) is 13.2 Å². The van der Waals surface area contributed by atoms with Gasteiger partial charge in [0.25, 0.3) is 0 Å². The Hall–Kier alpha value is -1.58. The zero-order valence-corrected chi connectivity index (χ0v) is 11.7. The lowest BCUT2D eigenvalue weighted by Crippen LogP contribution is -2.12. The van der Waals surface area contributed by atoms with Crippen molar-refractivity contribution in [2.45, 2.75) is 20.1 Å². The number of aromatic nitrogens is 1. The molecule has 0 saturated carbocycles. The average molecular weight is 277 g/mol. The molecule has 2 rings (SSSR count). The first-order valence-corrected chi connectivity index (χ1v) is 6.69. The van der Waals surface area contributed by atoms with Crippen LogP contribution in [0, 0.1) is 0 Å². The largest absolute Gasteiger partial charge is 0.487 e. The molecule has 0 aliphatic rings. The molecule has 100 valence electrons. The lowest BCUT2D eigenvalue weighted by Gasteiger charge is -2.08. The fourth-order valence-corrected chi connectivity index (χ4v) is 1.82. The van der Waals surface area contributed by atoms with E-state index in [-0.39, 0.29) is 0 Å². The van der Waals surface area contributed by atoms with Crippen molar-refractivity contribution < 1.29 is 4.74 Å². The third kappa shape index (κ3) is 4.23. The minimum absolute atomic E-state index is 0.452. The molecule has 2 aromatic rings. The summed E-state index contributed by atoms with van der Waals surface area (Å²) in [5, 5.41) is 3.95. The first kappa shape index (κ1) is 13.8. The highest BCUT2D eigenvalue weighted by atomic mass is 35.5. The lowest BCUT2D eigenvalue weighted by atomic mass is 10.2. The molecule has 0 saturated heterocycles. The number of rotatable bonds is 6. The molecule has 0 unspecified atom stereocenters. The van der Waals surface area contributed by atoms with E-state index in [2.05, 4.69) is 17.2 Å². The predicted octanol–water partition coefficient (Wildman–Crippen LogP) is 3.42. The first-order chi connectivity index (χ1) is 9.29. The number of hydrogen-bond donors (Lipinski definition) is 1. The van der Waals surface area contributed by atoms with Crippen LogP contribution >= 0.6 is 11.6 Å². The number of nitrogens with zero attached hydrogens (tertiary/aromatic N) is 1. The Bertz CT molecular complexity index is 514. The van der Waals surface area contributed by atoms with Crippen molar-refractivity contribution >= 4 is 11.6 Å². The van der Waals surface area contributed by atoms with Gasteiger partial charge in [0, 0.05) is 17.1 Å². The van der Waals surface area contributed by atoms with Gasteiger partial charge in [-0.2, -0.15) is 0 Å². The number of benzene rings is 1. The van der Waals surface area contributed by atoms with Crippen LogP contribution in [0.15, 0.2) is 42.6 Å². The third-order valence-corrected chi connectivity index (χ3v) is 3.07. The van der Waals surface area contributed by atoms with Crippen molar-refractivity contribution in [3.05, 3.63) is 58.9 Å². The number of nitrogens with one attached hydrogen (secondary N) is 1. The molecule has 3 nitrogen and oxygen atoms in total. The van der Waals surface area contributed by atoms with Crippen LogP contribution in [0.5, 0.6) is 5.75 Å². The SMILES string of the molecule is CCNCc1ccc(OCc2ccccc2Cl)cn1. The van der Waals surface area contributed by atoms with Gasteiger partial charge in [0.15, 0.2) is 0 Å². The van der Waals surface area contributed by atoms with E-state index >= 15 is 0 Å². The molecule has 4 heteroatoms. The van der Waals surface area contributed by atoms with Crippen molar-refractivity contribution in [1.29, 1.82) is 0 Å². The molecule has 1 heterocycles. The average Bonchev–Trinajstić information content (AvgIpc) is 2.45. The number of ether oxygens (including phenoxy) is 1. The van der Waals surface area contributed by atoms with Crippen LogP contribution in [0.25, 0.3) is 0 Å². The van der Waals surface area contributed by atoms with E-state index in [0.717, 1.165) is 35.1 Å². The molecule has 0 spiro atoms. The maximum absolute atomic E-state index is 6.07. The molecule has 0 bridgehead atoms. The monoisotopic (exact) mass is 276 g/mol. The second-order valence-corrected chi connectivity index (χ2v) is 4.55. The van der Waals surface area contributed by atoms with Gasteiger partial charge < -0.3 is 10.1 Å². The van der Waals surface area contributed by atoms with Crippen LogP contribution in [0.2, 0.25) is 5.02 Å². The maximum Gasteiger partial charge on any atom is 0.138 e. The summed E-state index contributed by atoms with van der Waals surface area (Å²) in [6, 6.07) is 11.6. The predicted molar refractivity (Wildman–Crippen MR) is 77.4 cm³/mol. The second-order valence-electron chi connectivity index (χ2n) is 4.15. The third-order valence-electron chi connectivity index (χ3n) is 2.71. The van der Waals surface area contributed by atoms with E-state index in [1.165, 1.54) is 0 Å². The summed E-state index contributed by atoms with van der Waals surface area (Å²) in [6.07, 6.45) is 1.74. The van der Waals surface area contributed by atoms with Gasteiger partial charge in [-0.15, -0.1) is 0 Å². The van der Waals surface area contributed by atoms with Crippen molar-refractivity contribution in [2.75, 3.05) is 6.54 Å². The highest BCUT2D eigenvalue weighted by Gasteiger charge is 2.01. The minimum Gasteiger partial charge on any atom is -0.487 e. The Kier molecular flexibility index (Phi) is 5.19. The molecular weight excluding hydrogens is 260 g/mol. The number of hydrogen-bond acceptors (Lipinski definition) is 3. The molecule has 1 aromatic carbocycles. The van der Waals surface area contributed by atoms with Gasteiger partial charge in [0.1, 0.15) is 12.4 Å². The molecule has 0 fully saturated rings. The summed E-state index contributed by atoms with van der Waals surface area (Å²) in [5.74, 6) is 0.750. The summed E-state index contributed by atoms with van der Waals surface area (Å²) in [4.78, 5) is 4.33. The molecule has 1 aromatic heterocycles. The van der Waals surface area contributed by atoms with E-state index in [9.17, 15) is 0 Å². The van der Waals surface area contributed by atoms with Crippen LogP contribution in [0.3, 0.4) is 0 Å². The molecule has 0 atom stereocenters. The highest BCUT2D eigenvalue weighted by molar-refractivity contribution is 6.31. The van der Waals surface area contributed by atoms with Crippen LogP contribution in [-0.4, -0.2) is 11.5 Å². The molecular formula is C15H17ClN2O. The summed E-state index contributed by atoms with van der Waals surface area (Å²) >= 11 is 6.07. The van der Waals surface area contributed by atoms with Crippen LogP contribution < -0.4 is 10.1 Å². The Morgan fingerprint density at radius 2 is 2.05 bits per heavy atom. The highest BCUT2D eigenvalue weighted by Crippen LogP contribution is 2.18.